The third-order valence-corrected chi connectivity index (χ3v) is 2.76. The number of nitrogens with one attached hydrogen (secondary N) is 1. The summed E-state index contributed by atoms with van der Waals surface area (Å²) < 4.78 is 4.98. The molecule has 0 saturated heterocycles. The van der Waals surface area contributed by atoms with Crippen LogP contribution in [0.25, 0.3) is 0 Å². The van der Waals surface area contributed by atoms with Crippen LogP contribution in [0.15, 0.2) is 42.6 Å². The molecule has 0 aliphatic carbocycles. The summed E-state index contributed by atoms with van der Waals surface area (Å²) in [6, 6.07) is 10.2. The highest BCUT2D eigenvalue weighted by Gasteiger charge is 2.13. The quantitative estimate of drug-likeness (QED) is 0.690. The standard InChI is InChI=1S/C13H10ClN3O4/c14-11-6-10(17(19)20)7-15-12(11)16-13(18)21-8-9-4-2-1-3-5-9/h1-7H,8H2,(H,15,16,18). The molecule has 1 aromatic heterocycles. The molecule has 2 aromatic rings. The molecule has 0 unspecified atom stereocenters. The van der Waals surface area contributed by atoms with Crippen LogP contribution in [0, 0.1) is 10.1 Å². The van der Waals surface area contributed by atoms with Crippen LogP contribution in [-0.2, 0) is 11.3 Å². The van der Waals surface area contributed by atoms with E-state index in [1.54, 1.807) is 0 Å². The van der Waals surface area contributed by atoms with Crippen molar-refractivity contribution in [3.05, 3.63) is 63.3 Å². The van der Waals surface area contributed by atoms with Gasteiger partial charge in [0.1, 0.15) is 12.8 Å². The SMILES string of the molecule is O=C(Nc1ncc([N+](=O)[O-])cc1Cl)OCc1ccccc1. The van der Waals surface area contributed by atoms with Crippen molar-refractivity contribution in [1.82, 2.24) is 4.98 Å². The molecule has 0 saturated carbocycles. The van der Waals surface area contributed by atoms with Crippen LogP contribution in [0.1, 0.15) is 5.56 Å². The molecule has 21 heavy (non-hydrogen) atoms. The van der Waals surface area contributed by atoms with E-state index in [-0.39, 0.29) is 23.1 Å². The number of ether oxygens (including phenoxy) is 1. The third-order valence-electron chi connectivity index (χ3n) is 2.47. The van der Waals surface area contributed by atoms with Gasteiger partial charge in [0.2, 0.25) is 0 Å². The number of aromatic nitrogens is 1. The van der Waals surface area contributed by atoms with Crippen LogP contribution in [-0.4, -0.2) is 16.0 Å². The number of pyridine rings is 1. The van der Waals surface area contributed by atoms with Gasteiger partial charge in [-0.15, -0.1) is 0 Å². The summed E-state index contributed by atoms with van der Waals surface area (Å²) in [5.74, 6) is 0.000304. The van der Waals surface area contributed by atoms with Crippen LogP contribution >= 0.6 is 11.6 Å². The highest BCUT2D eigenvalue weighted by atomic mass is 35.5. The normalized spacial score (nSPS) is 9.95. The largest absolute Gasteiger partial charge is 0.444 e. The van der Waals surface area contributed by atoms with E-state index in [1.807, 2.05) is 30.3 Å². The van der Waals surface area contributed by atoms with E-state index in [4.69, 9.17) is 16.3 Å². The van der Waals surface area contributed by atoms with E-state index < -0.39 is 11.0 Å². The van der Waals surface area contributed by atoms with Gasteiger partial charge in [0.05, 0.1) is 9.95 Å². The van der Waals surface area contributed by atoms with E-state index in [0.717, 1.165) is 17.8 Å². The maximum Gasteiger partial charge on any atom is 0.413 e. The first-order valence-electron chi connectivity index (χ1n) is 5.84. The van der Waals surface area contributed by atoms with Crippen molar-refractivity contribution in [2.45, 2.75) is 6.61 Å². The molecule has 0 fully saturated rings. The predicted octanol–water partition coefficient (Wildman–Crippen LogP) is 3.39. The number of rotatable bonds is 4. The van der Waals surface area contributed by atoms with Crippen LogP contribution in [0.3, 0.4) is 0 Å². The van der Waals surface area contributed by atoms with Gasteiger partial charge in [-0.1, -0.05) is 41.9 Å². The second-order valence-electron chi connectivity index (χ2n) is 3.97. The third kappa shape index (κ3) is 4.15. The monoisotopic (exact) mass is 307 g/mol. The maximum atomic E-state index is 11.6. The Morgan fingerprint density at radius 2 is 2.10 bits per heavy atom. The molecule has 1 amide bonds. The van der Waals surface area contributed by atoms with E-state index in [0.29, 0.717) is 0 Å². The highest BCUT2D eigenvalue weighted by Crippen LogP contribution is 2.23. The summed E-state index contributed by atoms with van der Waals surface area (Å²) >= 11 is 5.80. The summed E-state index contributed by atoms with van der Waals surface area (Å²) in [6.45, 7) is 0.0945. The molecule has 0 aliphatic rings. The number of hydrogen-bond donors (Lipinski definition) is 1. The second kappa shape index (κ2) is 6.67. The van der Waals surface area contributed by atoms with Crippen molar-refractivity contribution in [1.29, 1.82) is 0 Å². The molecule has 1 N–H and O–H groups in total. The fourth-order valence-electron chi connectivity index (χ4n) is 1.48. The van der Waals surface area contributed by atoms with Crippen LogP contribution in [0.2, 0.25) is 5.02 Å². The number of amides is 1. The lowest BCUT2D eigenvalue weighted by Gasteiger charge is -2.07. The minimum absolute atomic E-state index is 0.000304. The summed E-state index contributed by atoms with van der Waals surface area (Å²) in [5.41, 5.74) is 0.568. The summed E-state index contributed by atoms with van der Waals surface area (Å²) in [6.07, 6.45) is 0.251. The fourth-order valence-corrected chi connectivity index (χ4v) is 1.68. The zero-order valence-corrected chi connectivity index (χ0v) is 11.4. The van der Waals surface area contributed by atoms with Crippen molar-refractivity contribution in [3.8, 4) is 0 Å². The molecule has 1 heterocycles. The van der Waals surface area contributed by atoms with Crippen molar-refractivity contribution in [2.24, 2.45) is 0 Å². The van der Waals surface area contributed by atoms with Gasteiger partial charge < -0.3 is 4.74 Å². The fraction of sp³-hybridized carbons (Fsp3) is 0.0769. The smallest absolute Gasteiger partial charge is 0.413 e. The Hall–Kier alpha value is -2.67. The van der Waals surface area contributed by atoms with Gasteiger partial charge in [0, 0.05) is 6.07 Å². The molecule has 0 spiro atoms. The summed E-state index contributed by atoms with van der Waals surface area (Å²) in [4.78, 5) is 25.2. The number of carbonyl (C=O) groups is 1. The van der Waals surface area contributed by atoms with Gasteiger partial charge in [-0.25, -0.2) is 9.78 Å². The molecule has 2 rings (SSSR count). The molecule has 1 aromatic carbocycles. The van der Waals surface area contributed by atoms with E-state index in [1.165, 1.54) is 0 Å². The van der Waals surface area contributed by atoms with Crippen molar-refractivity contribution in [3.63, 3.8) is 0 Å². The van der Waals surface area contributed by atoms with Crippen LogP contribution in [0.5, 0.6) is 0 Å². The lowest BCUT2D eigenvalue weighted by molar-refractivity contribution is -0.385. The molecular weight excluding hydrogens is 298 g/mol. The Morgan fingerprint density at radius 3 is 2.71 bits per heavy atom. The van der Waals surface area contributed by atoms with Crippen molar-refractivity contribution < 1.29 is 14.5 Å². The number of anilines is 1. The number of nitrogens with zero attached hydrogens (tertiary/aromatic N) is 2. The predicted molar refractivity (Wildman–Crippen MR) is 76.2 cm³/mol. The number of nitro groups is 1. The average molecular weight is 308 g/mol. The topological polar surface area (TPSA) is 94.4 Å². The van der Waals surface area contributed by atoms with E-state index in [2.05, 4.69) is 10.3 Å². The Morgan fingerprint density at radius 1 is 1.38 bits per heavy atom. The maximum absolute atomic E-state index is 11.6. The number of benzene rings is 1. The first kappa shape index (κ1) is 14.7. The number of carbonyl (C=O) groups excluding carboxylic acids is 1. The Bertz CT molecular complexity index is 664. The highest BCUT2D eigenvalue weighted by molar-refractivity contribution is 6.33. The van der Waals surface area contributed by atoms with Gasteiger partial charge in [-0.05, 0) is 5.56 Å². The average Bonchev–Trinajstić information content (AvgIpc) is 2.48. The Kier molecular flexibility index (Phi) is 4.68. The zero-order valence-electron chi connectivity index (χ0n) is 10.7. The van der Waals surface area contributed by atoms with Gasteiger partial charge in [0.25, 0.3) is 5.69 Å². The van der Waals surface area contributed by atoms with Crippen LogP contribution < -0.4 is 5.32 Å². The number of hydrogen-bond acceptors (Lipinski definition) is 5. The number of halogens is 1. The van der Waals surface area contributed by atoms with E-state index in [9.17, 15) is 14.9 Å². The van der Waals surface area contributed by atoms with Gasteiger partial charge in [-0.3, -0.25) is 15.4 Å². The summed E-state index contributed by atoms with van der Waals surface area (Å²) in [7, 11) is 0. The lowest BCUT2D eigenvalue weighted by Crippen LogP contribution is -2.14. The van der Waals surface area contributed by atoms with Gasteiger partial charge in [0.15, 0.2) is 5.82 Å². The first-order valence-corrected chi connectivity index (χ1v) is 6.21. The molecule has 0 aliphatic heterocycles. The lowest BCUT2D eigenvalue weighted by atomic mass is 10.2. The molecule has 0 bridgehead atoms. The molecule has 8 heteroatoms. The van der Waals surface area contributed by atoms with Crippen molar-refractivity contribution >= 4 is 29.2 Å². The summed E-state index contributed by atoms with van der Waals surface area (Å²) in [5, 5.41) is 12.8. The van der Waals surface area contributed by atoms with E-state index >= 15 is 0 Å². The molecule has 0 radical (unpaired) electrons. The molecular formula is C13H10ClN3O4. The minimum atomic E-state index is -0.748. The van der Waals surface area contributed by atoms with Gasteiger partial charge in [-0.2, -0.15) is 0 Å². The molecule has 7 nitrogen and oxygen atoms in total. The first-order chi connectivity index (χ1) is 10.1. The Labute approximate surface area is 124 Å². The van der Waals surface area contributed by atoms with Gasteiger partial charge >= 0.3 is 6.09 Å². The zero-order chi connectivity index (χ0) is 15.2. The molecule has 0 atom stereocenters. The minimum Gasteiger partial charge on any atom is -0.444 e. The van der Waals surface area contributed by atoms with Crippen molar-refractivity contribution in [2.75, 3.05) is 5.32 Å². The van der Waals surface area contributed by atoms with Crippen LogP contribution in [0.4, 0.5) is 16.3 Å². The molecule has 108 valence electrons. The second-order valence-corrected chi connectivity index (χ2v) is 4.37. The Balaban J connectivity index is 1.95.